The molecule has 108 valence electrons. The maximum atomic E-state index is 12.0. The molecule has 0 aromatic heterocycles. The van der Waals surface area contributed by atoms with Crippen molar-refractivity contribution in [2.45, 2.75) is 39.2 Å². The van der Waals surface area contributed by atoms with Gasteiger partial charge in [-0.3, -0.25) is 4.90 Å². The second-order valence-electron chi connectivity index (χ2n) is 4.38. The van der Waals surface area contributed by atoms with Crippen LogP contribution in [0, 0.1) is 5.92 Å². The van der Waals surface area contributed by atoms with Crippen LogP contribution in [0.2, 0.25) is 0 Å². The van der Waals surface area contributed by atoms with Gasteiger partial charge in [0.05, 0.1) is 13.2 Å². The maximum Gasteiger partial charge on any atom is 0.410 e. The molecule has 1 rings (SSSR count). The lowest BCUT2D eigenvalue weighted by Gasteiger charge is -2.25. The molecule has 1 amide bonds. The summed E-state index contributed by atoms with van der Waals surface area (Å²) in [6.07, 6.45) is 2.00. The number of esters is 1. The minimum absolute atomic E-state index is 0.0337. The van der Waals surface area contributed by atoms with Gasteiger partial charge in [-0.2, -0.15) is 0 Å². The highest BCUT2D eigenvalue weighted by Gasteiger charge is 2.43. The van der Waals surface area contributed by atoms with Crippen molar-refractivity contribution in [1.29, 1.82) is 0 Å². The van der Waals surface area contributed by atoms with Gasteiger partial charge in [0.1, 0.15) is 12.3 Å². The minimum Gasteiger partial charge on any atom is -0.464 e. The predicted molar refractivity (Wildman–Crippen MR) is 67.6 cm³/mol. The molecule has 0 aromatic carbocycles. The number of likely N-dealkylation sites (tertiary alicyclic amines) is 1. The number of hydrogen-bond acceptors (Lipinski definition) is 5. The highest BCUT2D eigenvalue weighted by molar-refractivity contribution is 5.82. The van der Waals surface area contributed by atoms with E-state index in [1.165, 1.54) is 4.90 Å². The summed E-state index contributed by atoms with van der Waals surface area (Å²) in [5.74, 6) is -0.447. The average Bonchev–Trinajstić information content (AvgIpc) is 2.80. The Labute approximate surface area is 113 Å². The molecule has 0 N–H and O–H groups in total. The van der Waals surface area contributed by atoms with Crippen LogP contribution in [-0.4, -0.2) is 49.0 Å². The zero-order valence-corrected chi connectivity index (χ0v) is 11.5. The number of carbonyl (C=O) groups excluding carboxylic acids is 3. The number of aldehydes is 1. The smallest absolute Gasteiger partial charge is 0.410 e. The molecule has 1 saturated heterocycles. The fourth-order valence-electron chi connectivity index (χ4n) is 2.40. The van der Waals surface area contributed by atoms with Crippen LogP contribution in [0.25, 0.3) is 0 Å². The van der Waals surface area contributed by atoms with E-state index in [0.29, 0.717) is 25.8 Å². The van der Waals surface area contributed by atoms with E-state index >= 15 is 0 Å². The lowest BCUT2D eigenvalue weighted by molar-refractivity contribution is -0.149. The highest BCUT2D eigenvalue weighted by atomic mass is 16.6. The Balaban J connectivity index is 2.77. The number of rotatable bonds is 6. The number of hydrogen-bond donors (Lipinski definition) is 0. The average molecular weight is 271 g/mol. The van der Waals surface area contributed by atoms with E-state index in [-0.39, 0.29) is 19.1 Å². The predicted octanol–water partition coefficient (Wildman–Crippen LogP) is 1.38. The molecular formula is C13H21NO5. The third-order valence-electron chi connectivity index (χ3n) is 3.21. The molecule has 2 atom stereocenters. The van der Waals surface area contributed by atoms with Crippen molar-refractivity contribution < 1.29 is 23.9 Å². The SMILES string of the molecule is CCOC(=O)[C@H]1[C@H](CCC=O)CCN1C(=O)OCC. The molecule has 1 fully saturated rings. The first-order chi connectivity index (χ1) is 9.15. The van der Waals surface area contributed by atoms with E-state index in [4.69, 9.17) is 9.47 Å². The van der Waals surface area contributed by atoms with Crippen LogP contribution in [0.1, 0.15) is 33.1 Å². The Morgan fingerprint density at radius 3 is 2.53 bits per heavy atom. The molecule has 1 aliphatic heterocycles. The van der Waals surface area contributed by atoms with Crippen molar-refractivity contribution in [3.63, 3.8) is 0 Å². The molecule has 0 aromatic rings. The highest BCUT2D eigenvalue weighted by Crippen LogP contribution is 2.29. The summed E-state index contributed by atoms with van der Waals surface area (Å²) in [6.45, 7) is 4.45. The van der Waals surface area contributed by atoms with E-state index in [9.17, 15) is 14.4 Å². The van der Waals surface area contributed by atoms with Gasteiger partial charge >= 0.3 is 12.1 Å². The number of amides is 1. The molecule has 1 aliphatic rings. The summed E-state index contributed by atoms with van der Waals surface area (Å²) in [4.78, 5) is 35.7. The van der Waals surface area contributed by atoms with Gasteiger partial charge in [-0.25, -0.2) is 9.59 Å². The van der Waals surface area contributed by atoms with Crippen molar-refractivity contribution >= 4 is 18.3 Å². The summed E-state index contributed by atoms with van der Waals surface area (Å²) in [5.41, 5.74) is 0. The van der Waals surface area contributed by atoms with Crippen LogP contribution < -0.4 is 0 Å². The van der Waals surface area contributed by atoms with Crippen molar-refractivity contribution in [1.82, 2.24) is 4.90 Å². The number of ether oxygens (including phenoxy) is 2. The summed E-state index contributed by atoms with van der Waals surface area (Å²) in [6, 6.07) is -0.626. The Morgan fingerprint density at radius 2 is 1.95 bits per heavy atom. The Morgan fingerprint density at radius 1 is 1.26 bits per heavy atom. The van der Waals surface area contributed by atoms with E-state index in [0.717, 1.165) is 6.29 Å². The summed E-state index contributed by atoms with van der Waals surface area (Å²) in [5, 5.41) is 0. The lowest BCUT2D eigenvalue weighted by Crippen LogP contribution is -2.44. The summed E-state index contributed by atoms with van der Waals surface area (Å²) >= 11 is 0. The molecule has 0 unspecified atom stereocenters. The first-order valence-corrected chi connectivity index (χ1v) is 6.69. The minimum atomic E-state index is -0.626. The zero-order chi connectivity index (χ0) is 14.3. The largest absolute Gasteiger partial charge is 0.464 e. The van der Waals surface area contributed by atoms with Gasteiger partial charge in [0.25, 0.3) is 0 Å². The van der Waals surface area contributed by atoms with Gasteiger partial charge < -0.3 is 14.3 Å². The monoisotopic (exact) mass is 271 g/mol. The maximum absolute atomic E-state index is 12.0. The Bertz CT molecular complexity index is 331. The number of carbonyl (C=O) groups is 3. The van der Waals surface area contributed by atoms with Crippen molar-refractivity contribution in [3.05, 3.63) is 0 Å². The fraction of sp³-hybridized carbons (Fsp3) is 0.769. The van der Waals surface area contributed by atoms with Gasteiger partial charge in [-0.05, 0) is 32.6 Å². The molecule has 6 heteroatoms. The second-order valence-corrected chi connectivity index (χ2v) is 4.38. The molecule has 0 saturated carbocycles. The third-order valence-corrected chi connectivity index (χ3v) is 3.21. The van der Waals surface area contributed by atoms with E-state index < -0.39 is 18.1 Å². The van der Waals surface area contributed by atoms with Gasteiger partial charge in [0.2, 0.25) is 0 Å². The van der Waals surface area contributed by atoms with Crippen molar-refractivity contribution in [2.75, 3.05) is 19.8 Å². The van der Waals surface area contributed by atoms with Crippen molar-refractivity contribution in [2.24, 2.45) is 5.92 Å². The zero-order valence-electron chi connectivity index (χ0n) is 11.5. The lowest BCUT2D eigenvalue weighted by atomic mass is 9.95. The van der Waals surface area contributed by atoms with Crippen LogP contribution in [-0.2, 0) is 19.1 Å². The summed E-state index contributed by atoms with van der Waals surface area (Å²) < 4.78 is 9.96. The van der Waals surface area contributed by atoms with E-state index in [1.54, 1.807) is 13.8 Å². The van der Waals surface area contributed by atoms with Gasteiger partial charge in [0, 0.05) is 13.0 Å². The van der Waals surface area contributed by atoms with E-state index in [1.807, 2.05) is 0 Å². The summed E-state index contributed by atoms with van der Waals surface area (Å²) in [7, 11) is 0. The van der Waals surface area contributed by atoms with Crippen LogP contribution >= 0.6 is 0 Å². The standard InChI is InChI=1S/C13H21NO5/c1-3-18-12(16)11-10(6-5-9-15)7-8-14(11)13(17)19-4-2/h9-11H,3-8H2,1-2H3/t10-,11-/m1/s1. The Kier molecular flexibility index (Phi) is 6.32. The normalized spacial score (nSPS) is 22.1. The quantitative estimate of drug-likeness (QED) is 0.539. The molecule has 0 aliphatic carbocycles. The number of nitrogens with zero attached hydrogens (tertiary/aromatic N) is 1. The Hall–Kier alpha value is -1.59. The molecule has 6 nitrogen and oxygen atoms in total. The van der Waals surface area contributed by atoms with Crippen molar-refractivity contribution in [3.8, 4) is 0 Å². The third kappa shape index (κ3) is 3.94. The van der Waals surface area contributed by atoms with Gasteiger partial charge in [-0.15, -0.1) is 0 Å². The first kappa shape index (κ1) is 15.5. The molecular weight excluding hydrogens is 250 g/mol. The molecule has 0 spiro atoms. The first-order valence-electron chi connectivity index (χ1n) is 6.69. The van der Waals surface area contributed by atoms with Crippen LogP contribution in [0.5, 0.6) is 0 Å². The van der Waals surface area contributed by atoms with Gasteiger partial charge in [0.15, 0.2) is 0 Å². The fourth-order valence-corrected chi connectivity index (χ4v) is 2.40. The van der Waals surface area contributed by atoms with Gasteiger partial charge in [-0.1, -0.05) is 0 Å². The van der Waals surface area contributed by atoms with Crippen LogP contribution in [0.15, 0.2) is 0 Å². The van der Waals surface area contributed by atoms with Crippen LogP contribution in [0.3, 0.4) is 0 Å². The molecule has 0 radical (unpaired) electrons. The molecule has 1 heterocycles. The topological polar surface area (TPSA) is 72.9 Å². The second kappa shape index (κ2) is 7.76. The molecule has 19 heavy (non-hydrogen) atoms. The van der Waals surface area contributed by atoms with Crippen LogP contribution in [0.4, 0.5) is 4.79 Å². The van der Waals surface area contributed by atoms with E-state index in [2.05, 4.69) is 0 Å². The molecule has 0 bridgehead atoms.